The molecule has 0 spiro atoms. The van der Waals surface area contributed by atoms with E-state index >= 15 is 0 Å². The van der Waals surface area contributed by atoms with Gasteiger partial charge in [-0.05, 0) is 54.8 Å². The number of piperidine rings is 1. The Labute approximate surface area is 322 Å². The Bertz CT molecular complexity index is 2260. The predicted molar refractivity (Wildman–Crippen MR) is 203 cm³/mol. The largest absolute Gasteiger partial charge is 0.491 e. The molecule has 15 heteroatoms. The molecule has 7 rings (SSSR count). The molecule has 1 fully saturated rings. The van der Waals surface area contributed by atoms with Crippen LogP contribution in [0.1, 0.15) is 33.6 Å². The SMILES string of the molecule is C=C1CCC(N2C(=O)c3ccc(OCCOCCOCCOCCOCCOc4ncc(-c5ccc6c7cnccc7n(C)c6c5)cc4F)cc3C2=O)C(=O)N1. The van der Waals surface area contributed by atoms with Gasteiger partial charge in [-0.3, -0.25) is 24.3 Å². The maximum absolute atomic E-state index is 14.9. The number of imide groups is 1. The topological polar surface area (TPSA) is 153 Å². The Balaban J connectivity index is 0.704. The number of aryl methyl sites for hydroxylation is 1. The van der Waals surface area contributed by atoms with E-state index in [2.05, 4.69) is 26.4 Å². The summed E-state index contributed by atoms with van der Waals surface area (Å²) in [6, 6.07) is 13.2. The number of hydrogen-bond acceptors (Lipinski definition) is 11. The highest BCUT2D eigenvalue weighted by Crippen LogP contribution is 2.33. The van der Waals surface area contributed by atoms with Gasteiger partial charge in [-0.2, -0.15) is 0 Å². The van der Waals surface area contributed by atoms with Crippen molar-refractivity contribution in [3.8, 4) is 22.8 Å². The molecule has 0 aliphatic carbocycles. The van der Waals surface area contributed by atoms with Crippen LogP contribution in [0.3, 0.4) is 0 Å². The monoisotopic (exact) mass is 767 g/mol. The number of allylic oxidation sites excluding steroid dienone is 1. The van der Waals surface area contributed by atoms with E-state index in [9.17, 15) is 18.8 Å². The number of nitrogens with one attached hydrogen (secondary N) is 1. The molecule has 5 aromatic rings. The molecule has 2 aliphatic heterocycles. The third kappa shape index (κ3) is 8.55. The highest BCUT2D eigenvalue weighted by atomic mass is 19.1. The van der Waals surface area contributed by atoms with E-state index in [1.165, 1.54) is 18.2 Å². The molecule has 3 aromatic heterocycles. The minimum atomic E-state index is -0.864. The third-order valence-corrected chi connectivity index (χ3v) is 9.55. The Hall–Kier alpha value is -5.74. The fourth-order valence-corrected chi connectivity index (χ4v) is 6.72. The number of benzene rings is 2. The number of fused-ring (bicyclic) bond motifs is 4. The van der Waals surface area contributed by atoms with Crippen LogP contribution in [-0.2, 0) is 30.8 Å². The highest BCUT2D eigenvalue weighted by molar-refractivity contribution is 6.23. The lowest BCUT2D eigenvalue weighted by molar-refractivity contribution is -0.125. The Kier molecular flexibility index (Phi) is 12.3. The zero-order valence-corrected chi connectivity index (χ0v) is 31.0. The van der Waals surface area contributed by atoms with Crippen molar-refractivity contribution in [1.29, 1.82) is 0 Å². The van der Waals surface area contributed by atoms with Crippen molar-refractivity contribution >= 4 is 39.5 Å². The summed E-state index contributed by atoms with van der Waals surface area (Å²) in [7, 11) is 2.00. The molecule has 1 atom stereocenters. The number of pyridine rings is 2. The van der Waals surface area contributed by atoms with Crippen LogP contribution in [0.5, 0.6) is 11.6 Å². The number of hydrogen-bond donors (Lipinski definition) is 1. The van der Waals surface area contributed by atoms with Crippen molar-refractivity contribution < 1.29 is 47.2 Å². The van der Waals surface area contributed by atoms with Crippen molar-refractivity contribution in [2.75, 3.05) is 66.1 Å². The Morgan fingerprint density at radius 3 is 2.12 bits per heavy atom. The van der Waals surface area contributed by atoms with Crippen molar-refractivity contribution in [2.45, 2.75) is 18.9 Å². The van der Waals surface area contributed by atoms with Gasteiger partial charge in [0.25, 0.3) is 11.8 Å². The number of ether oxygens (including phenoxy) is 6. The first-order valence-electron chi connectivity index (χ1n) is 18.4. The average molecular weight is 768 g/mol. The highest BCUT2D eigenvalue weighted by Gasteiger charge is 2.44. The van der Waals surface area contributed by atoms with E-state index < -0.39 is 29.6 Å². The lowest BCUT2D eigenvalue weighted by atomic mass is 10.0. The van der Waals surface area contributed by atoms with Crippen molar-refractivity contribution in [1.82, 2.24) is 24.8 Å². The van der Waals surface area contributed by atoms with Gasteiger partial charge in [0.2, 0.25) is 11.8 Å². The zero-order chi connectivity index (χ0) is 39.0. The van der Waals surface area contributed by atoms with Gasteiger partial charge in [-0.15, -0.1) is 0 Å². The first-order valence-corrected chi connectivity index (χ1v) is 18.4. The number of rotatable bonds is 19. The number of amides is 3. The minimum Gasteiger partial charge on any atom is -0.491 e. The van der Waals surface area contributed by atoms with Crippen LogP contribution in [0.15, 0.2) is 79.4 Å². The zero-order valence-electron chi connectivity index (χ0n) is 31.0. The van der Waals surface area contributed by atoms with Gasteiger partial charge in [0.1, 0.15) is 25.0 Å². The number of nitrogens with zero attached hydrogens (tertiary/aromatic N) is 4. The second kappa shape index (κ2) is 17.8. The van der Waals surface area contributed by atoms with Crippen LogP contribution in [0.2, 0.25) is 0 Å². The maximum atomic E-state index is 14.9. The number of carbonyl (C=O) groups is 3. The normalized spacial score (nSPS) is 15.5. The summed E-state index contributed by atoms with van der Waals surface area (Å²) in [6.07, 6.45) is 6.05. The second-order valence-electron chi connectivity index (χ2n) is 13.2. The van der Waals surface area contributed by atoms with Crippen LogP contribution >= 0.6 is 0 Å². The fraction of sp³-hybridized carbons (Fsp3) is 0.341. The number of aromatic nitrogens is 3. The van der Waals surface area contributed by atoms with Crippen LogP contribution in [0, 0.1) is 5.82 Å². The van der Waals surface area contributed by atoms with E-state index in [1.54, 1.807) is 18.5 Å². The number of carbonyl (C=O) groups excluding carboxylic acids is 3. The molecule has 1 unspecified atom stereocenters. The molecule has 56 heavy (non-hydrogen) atoms. The van der Waals surface area contributed by atoms with Gasteiger partial charge in [0, 0.05) is 53.2 Å². The predicted octanol–water partition coefficient (Wildman–Crippen LogP) is 4.84. The van der Waals surface area contributed by atoms with E-state index in [-0.39, 0.29) is 36.8 Å². The molecule has 2 aliphatic rings. The van der Waals surface area contributed by atoms with Crippen molar-refractivity contribution in [3.05, 3.63) is 96.3 Å². The second-order valence-corrected chi connectivity index (χ2v) is 13.2. The molecule has 1 saturated heterocycles. The lowest BCUT2D eigenvalue weighted by Gasteiger charge is -2.29. The van der Waals surface area contributed by atoms with Crippen molar-refractivity contribution in [3.63, 3.8) is 0 Å². The lowest BCUT2D eigenvalue weighted by Crippen LogP contribution is -2.51. The molecule has 1 N–H and O–H groups in total. The molecule has 292 valence electrons. The molecule has 14 nitrogen and oxygen atoms in total. The summed E-state index contributed by atoms with van der Waals surface area (Å²) in [4.78, 5) is 47.7. The molecular formula is C41H42FN5O9. The van der Waals surface area contributed by atoms with Crippen molar-refractivity contribution in [2.24, 2.45) is 7.05 Å². The first-order chi connectivity index (χ1) is 27.3. The molecule has 0 radical (unpaired) electrons. The van der Waals surface area contributed by atoms with E-state index in [4.69, 9.17) is 28.4 Å². The molecule has 0 saturated carbocycles. The summed E-state index contributed by atoms with van der Waals surface area (Å²) in [6.45, 7) is 6.84. The molecular weight excluding hydrogens is 725 g/mol. The van der Waals surface area contributed by atoms with Crippen LogP contribution in [-0.4, -0.2) is 109 Å². The fourth-order valence-electron chi connectivity index (χ4n) is 6.72. The summed E-state index contributed by atoms with van der Waals surface area (Å²) in [5.41, 5.74) is 4.62. The van der Waals surface area contributed by atoms with Crippen LogP contribution < -0.4 is 14.8 Å². The van der Waals surface area contributed by atoms with Gasteiger partial charge in [0.15, 0.2) is 5.82 Å². The summed E-state index contributed by atoms with van der Waals surface area (Å²) in [5.74, 6) is -1.63. The smallest absolute Gasteiger partial charge is 0.262 e. The van der Waals surface area contributed by atoms with E-state index in [0.29, 0.717) is 76.1 Å². The van der Waals surface area contributed by atoms with E-state index in [0.717, 1.165) is 32.3 Å². The molecule has 5 heterocycles. The van der Waals surface area contributed by atoms with Gasteiger partial charge >= 0.3 is 0 Å². The Morgan fingerprint density at radius 2 is 1.43 bits per heavy atom. The average Bonchev–Trinajstić information content (AvgIpc) is 3.62. The number of halogens is 1. The summed E-state index contributed by atoms with van der Waals surface area (Å²) < 4.78 is 50.2. The van der Waals surface area contributed by atoms with Gasteiger partial charge in [-0.25, -0.2) is 9.37 Å². The maximum Gasteiger partial charge on any atom is 0.262 e. The molecule has 0 bridgehead atoms. The van der Waals surface area contributed by atoms with Gasteiger partial charge in [-0.1, -0.05) is 18.7 Å². The molecule has 3 amide bonds. The summed E-state index contributed by atoms with van der Waals surface area (Å²) >= 11 is 0. The molecule has 2 aromatic carbocycles. The quantitative estimate of drug-likeness (QED) is 0.0908. The minimum absolute atomic E-state index is 0.0814. The van der Waals surface area contributed by atoms with Gasteiger partial charge in [0.05, 0.1) is 69.5 Å². The van der Waals surface area contributed by atoms with Crippen LogP contribution in [0.25, 0.3) is 32.9 Å². The summed E-state index contributed by atoms with van der Waals surface area (Å²) in [5, 5.41) is 4.77. The van der Waals surface area contributed by atoms with Crippen LogP contribution in [0.4, 0.5) is 4.39 Å². The Morgan fingerprint density at radius 1 is 0.750 bits per heavy atom. The van der Waals surface area contributed by atoms with E-state index in [1.807, 2.05) is 37.5 Å². The van der Waals surface area contributed by atoms with Gasteiger partial charge < -0.3 is 38.3 Å². The first kappa shape index (κ1) is 38.5. The third-order valence-electron chi connectivity index (χ3n) is 9.55. The standard InChI is InChI=1S/C41H42FN5O9/c1-26-3-8-36(38(48)45-26)47-40(49)31-7-5-29(23-32(31)41(47)50)55-19-17-53-15-13-51-11-12-52-14-16-54-18-20-56-39-34(42)21-28(24-44-39)27-4-6-30-33-25-43-10-9-35(33)46(2)37(30)22-27/h4-7,9-10,21-25,36H,1,3,8,11-20H2,2H3,(H,45,48).